The maximum Gasteiger partial charge on any atom is 0.406 e. The molecule has 1 aromatic carbocycles. The topological polar surface area (TPSA) is 60.9 Å². The minimum absolute atomic E-state index is 0.00809. The van der Waals surface area contributed by atoms with Crippen molar-refractivity contribution < 1.29 is 22.4 Å². The molecule has 5 nitrogen and oxygen atoms in total. The number of carbonyl (C=O) groups excluding carboxylic acids is 1. The summed E-state index contributed by atoms with van der Waals surface area (Å²) in [5.41, 5.74) is 2.83. The van der Waals surface area contributed by atoms with E-state index in [4.69, 9.17) is 4.42 Å². The van der Waals surface area contributed by atoms with Crippen molar-refractivity contribution in [2.45, 2.75) is 38.7 Å². The van der Waals surface area contributed by atoms with Gasteiger partial charge in [-0.2, -0.15) is 13.2 Å². The summed E-state index contributed by atoms with van der Waals surface area (Å²) in [5, 5.41) is 8.11. The number of Topliss-reactive ketones (excluding diaryl/α,β-unsaturated/α-hetero) is 1. The molecule has 3 aromatic rings. The molecule has 0 amide bonds. The lowest BCUT2D eigenvalue weighted by Crippen LogP contribution is -2.19. The van der Waals surface area contributed by atoms with E-state index in [1.807, 2.05) is 31.2 Å². The number of benzene rings is 1. The molecule has 0 aliphatic carbocycles. The van der Waals surface area contributed by atoms with Crippen LogP contribution in [-0.4, -0.2) is 32.5 Å². The number of ketones is 1. The molecule has 0 atom stereocenters. The fraction of sp³-hybridized carbons (Fsp3) is 0.316. The van der Waals surface area contributed by atoms with E-state index in [-0.39, 0.29) is 22.3 Å². The normalized spacial score (nSPS) is 11.8. The van der Waals surface area contributed by atoms with Crippen LogP contribution in [0.2, 0.25) is 0 Å². The van der Waals surface area contributed by atoms with E-state index in [1.54, 1.807) is 6.92 Å². The fourth-order valence-electron chi connectivity index (χ4n) is 2.79. The monoisotopic (exact) mass is 409 g/mol. The molecular weight excluding hydrogens is 391 g/mol. The standard InChI is InChI=1S/C19H18F3N3O2S/c1-11-4-6-14(7-5-11)17-23-24-18(27-17)28-9-16(26)15-8-12(2)25(13(15)3)10-19(20,21)22/h4-8H,9-10H2,1-3H3. The molecular formula is C19H18F3N3O2S. The highest BCUT2D eigenvalue weighted by molar-refractivity contribution is 7.99. The maximum atomic E-state index is 12.7. The number of thioether (sulfide) groups is 1. The van der Waals surface area contributed by atoms with Crippen LogP contribution in [0.15, 0.2) is 40.0 Å². The van der Waals surface area contributed by atoms with Crippen molar-refractivity contribution in [3.63, 3.8) is 0 Å². The zero-order valence-corrected chi connectivity index (χ0v) is 16.3. The molecule has 0 bridgehead atoms. The van der Waals surface area contributed by atoms with Gasteiger partial charge < -0.3 is 8.98 Å². The second-order valence-corrected chi connectivity index (χ2v) is 7.36. The molecule has 2 heterocycles. The summed E-state index contributed by atoms with van der Waals surface area (Å²) in [4.78, 5) is 12.5. The highest BCUT2D eigenvalue weighted by Crippen LogP contribution is 2.26. The van der Waals surface area contributed by atoms with Gasteiger partial charge in [-0.25, -0.2) is 0 Å². The molecule has 28 heavy (non-hydrogen) atoms. The van der Waals surface area contributed by atoms with E-state index in [2.05, 4.69) is 10.2 Å². The van der Waals surface area contributed by atoms with Crippen LogP contribution in [0.25, 0.3) is 11.5 Å². The van der Waals surface area contributed by atoms with Crippen molar-refractivity contribution in [2.24, 2.45) is 0 Å². The van der Waals surface area contributed by atoms with Crippen LogP contribution < -0.4 is 0 Å². The Hall–Kier alpha value is -2.55. The minimum atomic E-state index is -4.35. The van der Waals surface area contributed by atoms with Gasteiger partial charge in [-0.3, -0.25) is 4.79 Å². The highest BCUT2D eigenvalue weighted by Gasteiger charge is 2.30. The molecule has 0 spiro atoms. The third-order valence-electron chi connectivity index (χ3n) is 4.24. The molecule has 0 saturated carbocycles. The Kier molecular flexibility index (Phi) is 5.64. The molecule has 0 saturated heterocycles. The van der Waals surface area contributed by atoms with Crippen LogP contribution in [0, 0.1) is 20.8 Å². The van der Waals surface area contributed by atoms with Crippen LogP contribution >= 0.6 is 11.8 Å². The van der Waals surface area contributed by atoms with Crippen molar-refractivity contribution in [3.8, 4) is 11.5 Å². The molecule has 9 heteroatoms. The van der Waals surface area contributed by atoms with Crippen molar-refractivity contribution in [3.05, 3.63) is 52.8 Å². The van der Waals surface area contributed by atoms with Gasteiger partial charge in [0.1, 0.15) is 6.54 Å². The first-order valence-electron chi connectivity index (χ1n) is 8.44. The predicted octanol–water partition coefficient (Wildman–Crippen LogP) is 5.00. The van der Waals surface area contributed by atoms with Crippen LogP contribution in [0.5, 0.6) is 0 Å². The first kappa shape index (κ1) is 20.2. The van der Waals surface area contributed by atoms with Crippen LogP contribution in [0.3, 0.4) is 0 Å². The largest absolute Gasteiger partial charge is 0.411 e. The van der Waals surface area contributed by atoms with E-state index < -0.39 is 12.7 Å². The van der Waals surface area contributed by atoms with Crippen LogP contribution in [0.4, 0.5) is 13.2 Å². The Bertz CT molecular complexity index is 991. The Labute approximate surface area is 164 Å². The summed E-state index contributed by atoms with van der Waals surface area (Å²) in [7, 11) is 0. The third kappa shape index (κ3) is 4.64. The minimum Gasteiger partial charge on any atom is -0.411 e. The van der Waals surface area contributed by atoms with E-state index in [0.717, 1.165) is 27.5 Å². The second kappa shape index (κ2) is 7.83. The highest BCUT2D eigenvalue weighted by atomic mass is 32.2. The van der Waals surface area contributed by atoms with Gasteiger partial charge in [0.2, 0.25) is 5.89 Å². The first-order chi connectivity index (χ1) is 13.1. The summed E-state index contributed by atoms with van der Waals surface area (Å²) in [6, 6.07) is 9.05. The Balaban J connectivity index is 1.68. The molecule has 148 valence electrons. The van der Waals surface area contributed by atoms with Crippen molar-refractivity contribution in [1.29, 1.82) is 0 Å². The summed E-state index contributed by atoms with van der Waals surface area (Å²) >= 11 is 1.06. The number of nitrogens with zero attached hydrogens (tertiary/aromatic N) is 3. The number of aromatic nitrogens is 3. The summed E-state index contributed by atoms with van der Waals surface area (Å²) in [6.07, 6.45) is -4.35. The SMILES string of the molecule is Cc1ccc(-c2nnc(SCC(=O)c3cc(C)n(CC(F)(F)F)c3C)o2)cc1. The smallest absolute Gasteiger partial charge is 0.406 e. The third-order valence-corrected chi connectivity index (χ3v) is 5.06. The molecule has 0 aliphatic rings. The Morgan fingerprint density at radius 3 is 2.46 bits per heavy atom. The number of halogens is 3. The number of alkyl halides is 3. The Morgan fingerprint density at radius 2 is 1.82 bits per heavy atom. The van der Waals surface area contributed by atoms with Gasteiger partial charge in [-0.1, -0.05) is 29.5 Å². The number of hydrogen-bond acceptors (Lipinski definition) is 5. The molecule has 0 aliphatic heterocycles. The van der Waals surface area contributed by atoms with E-state index in [0.29, 0.717) is 17.3 Å². The quantitative estimate of drug-likeness (QED) is 0.424. The van der Waals surface area contributed by atoms with E-state index >= 15 is 0 Å². The summed E-state index contributed by atoms with van der Waals surface area (Å²) in [5.74, 6) is 0.0474. The lowest BCUT2D eigenvalue weighted by molar-refractivity contribution is -0.141. The predicted molar refractivity (Wildman–Crippen MR) is 99.5 cm³/mol. The average molecular weight is 409 g/mol. The summed E-state index contributed by atoms with van der Waals surface area (Å²) < 4.78 is 44.8. The van der Waals surface area contributed by atoms with Crippen molar-refractivity contribution in [2.75, 3.05) is 5.75 Å². The Morgan fingerprint density at radius 1 is 1.14 bits per heavy atom. The van der Waals surface area contributed by atoms with Crippen LogP contribution in [0.1, 0.15) is 27.3 Å². The van der Waals surface area contributed by atoms with Gasteiger partial charge in [0, 0.05) is 22.5 Å². The zero-order valence-electron chi connectivity index (χ0n) is 15.5. The van der Waals surface area contributed by atoms with Gasteiger partial charge in [0.15, 0.2) is 5.78 Å². The molecule has 0 fully saturated rings. The van der Waals surface area contributed by atoms with Crippen molar-refractivity contribution in [1.82, 2.24) is 14.8 Å². The van der Waals surface area contributed by atoms with E-state index in [9.17, 15) is 18.0 Å². The van der Waals surface area contributed by atoms with Gasteiger partial charge in [0.25, 0.3) is 5.22 Å². The van der Waals surface area contributed by atoms with Gasteiger partial charge >= 0.3 is 6.18 Å². The number of aryl methyl sites for hydroxylation is 2. The summed E-state index contributed by atoms with van der Waals surface area (Å²) in [6.45, 7) is 3.91. The zero-order chi connectivity index (χ0) is 20.5. The molecule has 0 N–H and O–H groups in total. The molecule has 0 unspecified atom stereocenters. The first-order valence-corrected chi connectivity index (χ1v) is 9.42. The van der Waals surface area contributed by atoms with Gasteiger partial charge in [0.05, 0.1) is 5.75 Å². The average Bonchev–Trinajstić information content (AvgIpc) is 3.19. The number of rotatable bonds is 6. The van der Waals surface area contributed by atoms with Gasteiger partial charge in [-0.15, -0.1) is 10.2 Å². The fourth-order valence-corrected chi connectivity index (χ4v) is 3.44. The number of hydrogen-bond donors (Lipinski definition) is 0. The lowest BCUT2D eigenvalue weighted by atomic mass is 10.1. The maximum absolute atomic E-state index is 12.7. The van der Waals surface area contributed by atoms with Gasteiger partial charge in [-0.05, 0) is 39.0 Å². The lowest BCUT2D eigenvalue weighted by Gasteiger charge is -2.12. The molecule has 0 radical (unpaired) electrons. The number of carbonyl (C=O) groups is 1. The van der Waals surface area contributed by atoms with Crippen molar-refractivity contribution >= 4 is 17.5 Å². The molecule has 3 rings (SSSR count). The molecule has 2 aromatic heterocycles. The second-order valence-electron chi connectivity index (χ2n) is 6.44. The van der Waals surface area contributed by atoms with Crippen LogP contribution in [-0.2, 0) is 6.54 Å². The van der Waals surface area contributed by atoms with E-state index in [1.165, 1.54) is 13.0 Å².